The molecule has 1 saturated heterocycles. The van der Waals surface area contributed by atoms with Crippen molar-refractivity contribution in [1.82, 2.24) is 10.9 Å². The summed E-state index contributed by atoms with van der Waals surface area (Å²) in [6.45, 7) is 1.38. The standard InChI is InChI=1S/C25H25ClFN3O2/c1-31-22-11-19-21(12-23(22)32-2)30(13-15-4-3-5-18(27)10-15)14-20-24(28-29-25(19)20)16-6-8-17(26)9-7-16/h3-12,20,24-25,28-29H,13-14H2,1-2H3. The molecule has 2 aliphatic rings. The SMILES string of the molecule is COc1cc2c(cc1OC)N(Cc1cccc(F)c1)CC1C(c3ccc(Cl)cc3)NNC21. The Morgan fingerprint density at radius 3 is 2.41 bits per heavy atom. The Bertz CT molecular complexity index is 1120. The second-order valence-corrected chi connectivity index (χ2v) is 8.67. The van der Waals surface area contributed by atoms with E-state index < -0.39 is 0 Å². The van der Waals surface area contributed by atoms with Crippen molar-refractivity contribution in [3.63, 3.8) is 0 Å². The van der Waals surface area contributed by atoms with Crippen LogP contribution in [0.1, 0.15) is 28.8 Å². The van der Waals surface area contributed by atoms with Crippen LogP contribution in [-0.2, 0) is 6.54 Å². The van der Waals surface area contributed by atoms with Gasteiger partial charge in [0.2, 0.25) is 0 Å². The van der Waals surface area contributed by atoms with Gasteiger partial charge in [-0.3, -0.25) is 0 Å². The molecule has 3 aromatic carbocycles. The number of hydrazine groups is 1. The normalized spacial score (nSPS) is 21.8. The number of anilines is 1. The minimum Gasteiger partial charge on any atom is -0.493 e. The summed E-state index contributed by atoms with van der Waals surface area (Å²) in [6.07, 6.45) is 0. The Morgan fingerprint density at radius 2 is 1.69 bits per heavy atom. The summed E-state index contributed by atoms with van der Waals surface area (Å²) in [5, 5.41) is 0.717. The van der Waals surface area contributed by atoms with Crippen LogP contribution in [0, 0.1) is 11.7 Å². The minimum atomic E-state index is -0.229. The van der Waals surface area contributed by atoms with Crippen LogP contribution in [0.5, 0.6) is 11.5 Å². The highest BCUT2D eigenvalue weighted by atomic mass is 35.5. The lowest BCUT2D eigenvalue weighted by molar-refractivity contribution is 0.350. The molecule has 0 saturated carbocycles. The molecule has 0 spiro atoms. The van der Waals surface area contributed by atoms with E-state index >= 15 is 0 Å². The van der Waals surface area contributed by atoms with E-state index in [0.717, 1.165) is 28.4 Å². The Kier molecular flexibility index (Phi) is 5.67. The summed E-state index contributed by atoms with van der Waals surface area (Å²) in [5.41, 5.74) is 11.2. The highest BCUT2D eigenvalue weighted by Gasteiger charge is 2.43. The first-order valence-electron chi connectivity index (χ1n) is 10.6. The van der Waals surface area contributed by atoms with Crippen LogP contribution < -0.4 is 25.2 Å². The molecule has 0 amide bonds. The minimum absolute atomic E-state index is 0.0919. The number of nitrogens with zero attached hydrogens (tertiary/aromatic N) is 1. The van der Waals surface area contributed by atoms with Gasteiger partial charge in [-0.15, -0.1) is 0 Å². The maximum Gasteiger partial charge on any atom is 0.162 e. The van der Waals surface area contributed by atoms with Gasteiger partial charge in [-0.05, 0) is 47.0 Å². The second kappa shape index (κ2) is 8.62. The molecule has 2 heterocycles. The van der Waals surface area contributed by atoms with E-state index in [1.165, 1.54) is 11.6 Å². The number of hydrogen-bond donors (Lipinski definition) is 2. The van der Waals surface area contributed by atoms with E-state index in [-0.39, 0.29) is 23.8 Å². The second-order valence-electron chi connectivity index (χ2n) is 8.24. The number of methoxy groups -OCH3 is 2. The highest BCUT2D eigenvalue weighted by molar-refractivity contribution is 6.30. The van der Waals surface area contributed by atoms with Crippen LogP contribution in [0.4, 0.5) is 10.1 Å². The molecule has 0 bridgehead atoms. The molecule has 2 aliphatic heterocycles. The Hall–Kier alpha value is -2.80. The van der Waals surface area contributed by atoms with Gasteiger partial charge >= 0.3 is 0 Å². The smallest absolute Gasteiger partial charge is 0.162 e. The molecule has 3 atom stereocenters. The van der Waals surface area contributed by atoms with Crippen LogP contribution in [-0.4, -0.2) is 20.8 Å². The maximum absolute atomic E-state index is 13.9. The number of hydrogen-bond acceptors (Lipinski definition) is 5. The monoisotopic (exact) mass is 453 g/mol. The molecule has 32 heavy (non-hydrogen) atoms. The molecule has 0 aromatic heterocycles. The zero-order chi connectivity index (χ0) is 22.2. The van der Waals surface area contributed by atoms with E-state index in [4.69, 9.17) is 21.1 Å². The molecule has 7 heteroatoms. The van der Waals surface area contributed by atoms with Gasteiger partial charge in [0.1, 0.15) is 5.82 Å². The lowest BCUT2D eigenvalue weighted by Gasteiger charge is -2.39. The summed E-state index contributed by atoms with van der Waals surface area (Å²) in [6, 6.07) is 19.0. The summed E-state index contributed by atoms with van der Waals surface area (Å²) in [7, 11) is 3.28. The van der Waals surface area contributed by atoms with Crippen LogP contribution in [0.25, 0.3) is 0 Å². The van der Waals surface area contributed by atoms with E-state index in [1.54, 1.807) is 26.4 Å². The molecule has 0 radical (unpaired) electrons. The van der Waals surface area contributed by atoms with Crippen molar-refractivity contribution in [2.45, 2.75) is 18.6 Å². The topological polar surface area (TPSA) is 45.8 Å². The van der Waals surface area contributed by atoms with Crippen molar-refractivity contribution in [3.05, 3.63) is 88.2 Å². The fraction of sp³-hybridized carbons (Fsp3) is 0.280. The highest BCUT2D eigenvalue weighted by Crippen LogP contribution is 2.48. The first kappa shape index (κ1) is 21.1. The summed E-state index contributed by atoms with van der Waals surface area (Å²) in [5.74, 6) is 1.38. The van der Waals surface area contributed by atoms with Gasteiger partial charge in [0, 0.05) is 35.8 Å². The van der Waals surface area contributed by atoms with E-state index in [9.17, 15) is 4.39 Å². The fourth-order valence-corrected chi connectivity index (χ4v) is 5.00. The van der Waals surface area contributed by atoms with Crippen LogP contribution in [0.3, 0.4) is 0 Å². The van der Waals surface area contributed by atoms with Crippen LogP contribution >= 0.6 is 11.6 Å². The van der Waals surface area contributed by atoms with Crippen LogP contribution in [0.2, 0.25) is 5.02 Å². The van der Waals surface area contributed by atoms with Gasteiger partial charge in [-0.25, -0.2) is 15.2 Å². The fourth-order valence-electron chi connectivity index (χ4n) is 4.87. The van der Waals surface area contributed by atoms with Crippen molar-refractivity contribution in [2.75, 3.05) is 25.7 Å². The number of fused-ring (bicyclic) bond motifs is 3. The van der Waals surface area contributed by atoms with Crippen molar-refractivity contribution in [2.24, 2.45) is 5.92 Å². The van der Waals surface area contributed by atoms with Gasteiger partial charge in [-0.2, -0.15) is 0 Å². The van der Waals surface area contributed by atoms with Crippen molar-refractivity contribution in [1.29, 1.82) is 0 Å². The Labute approximate surface area is 192 Å². The quantitative estimate of drug-likeness (QED) is 0.567. The average Bonchev–Trinajstić information content (AvgIpc) is 3.22. The first-order valence-corrected chi connectivity index (χ1v) is 11.0. The summed E-state index contributed by atoms with van der Waals surface area (Å²) in [4.78, 5) is 2.30. The van der Waals surface area contributed by atoms with Gasteiger partial charge in [0.25, 0.3) is 0 Å². The molecule has 5 rings (SSSR count). The molecule has 1 fully saturated rings. The molecular weight excluding hydrogens is 429 g/mol. The largest absolute Gasteiger partial charge is 0.493 e. The Morgan fingerprint density at radius 1 is 0.969 bits per heavy atom. The molecule has 2 N–H and O–H groups in total. The molecular formula is C25H25ClFN3O2. The number of nitrogens with one attached hydrogen (secondary N) is 2. The number of halogens is 2. The third-order valence-electron chi connectivity index (χ3n) is 6.38. The third kappa shape index (κ3) is 3.79. The predicted molar refractivity (Wildman–Crippen MR) is 124 cm³/mol. The van der Waals surface area contributed by atoms with Gasteiger partial charge < -0.3 is 14.4 Å². The third-order valence-corrected chi connectivity index (χ3v) is 6.63. The summed E-state index contributed by atoms with van der Waals surface area (Å²) >= 11 is 6.11. The predicted octanol–water partition coefficient (Wildman–Crippen LogP) is 5.02. The lowest BCUT2D eigenvalue weighted by atomic mass is 9.81. The number of benzene rings is 3. The Balaban J connectivity index is 1.56. The van der Waals surface area contributed by atoms with Gasteiger partial charge in [-0.1, -0.05) is 35.9 Å². The molecule has 5 nitrogen and oxygen atoms in total. The maximum atomic E-state index is 13.9. The van der Waals surface area contributed by atoms with E-state index in [0.29, 0.717) is 18.0 Å². The summed E-state index contributed by atoms with van der Waals surface area (Å²) < 4.78 is 25.0. The van der Waals surface area contributed by atoms with Gasteiger partial charge in [0.15, 0.2) is 11.5 Å². The average molecular weight is 454 g/mol. The molecule has 0 aliphatic carbocycles. The number of rotatable bonds is 5. The van der Waals surface area contributed by atoms with Crippen LogP contribution in [0.15, 0.2) is 60.7 Å². The number of ether oxygens (including phenoxy) is 2. The van der Waals surface area contributed by atoms with Gasteiger partial charge in [0.05, 0.1) is 26.3 Å². The van der Waals surface area contributed by atoms with Crippen molar-refractivity contribution in [3.8, 4) is 11.5 Å². The zero-order valence-corrected chi connectivity index (χ0v) is 18.7. The molecule has 3 unspecified atom stereocenters. The van der Waals surface area contributed by atoms with E-state index in [2.05, 4.69) is 27.9 Å². The lowest BCUT2D eigenvalue weighted by Crippen LogP contribution is -2.39. The van der Waals surface area contributed by atoms with Crippen molar-refractivity contribution >= 4 is 17.3 Å². The zero-order valence-electron chi connectivity index (χ0n) is 17.9. The molecule has 166 valence electrons. The molecule has 3 aromatic rings. The van der Waals surface area contributed by atoms with Crippen molar-refractivity contribution < 1.29 is 13.9 Å². The van der Waals surface area contributed by atoms with E-state index in [1.807, 2.05) is 30.3 Å². The first-order chi connectivity index (χ1) is 15.6.